The molecule has 0 bridgehead atoms. The maximum absolute atomic E-state index is 4.67. The van der Waals surface area contributed by atoms with Crippen molar-refractivity contribution in [2.24, 2.45) is 0 Å². The minimum atomic E-state index is 0.700. The van der Waals surface area contributed by atoms with Crippen molar-refractivity contribution < 1.29 is 0 Å². The van der Waals surface area contributed by atoms with Gasteiger partial charge in [0.15, 0.2) is 11.0 Å². The van der Waals surface area contributed by atoms with E-state index in [1.54, 1.807) is 6.33 Å². The van der Waals surface area contributed by atoms with Gasteiger partial charge in [0.25, 0.3) is 0 Å². The molecule has 7 aromatic rings. The van der Waals surface area contributed by atoms with Crippen molar-refractivity contribution in [1.82, 2.24) is 19.5 Å². The van der Waals surface area contributed by atoms with E-state index >= 15 is 0 Å². The number of benzene rings is 5. The zero-order chi connectivity index (χ0) is 31.4. The predicted molar refractivity (Wildman–Crippen MR) is 191 cm³/mol. The highest BCUT2D eigenvalue weighted by atomic mass is 32.2. The molecule has 0 fully saturated rings. The van der Waals surface area contributed by atoms with E-state index in [4.69, 9.17) is 0 Å². The summed E-state index contributed by atoms with van der Waals surface area (Å²) < 4.78 is 2.44. The normalized spacial score (nSPS) is 11.5. The quantitative estimate of drug-likeness (QED) is 0.183. The van der Waals surface area contributed by atoms with E-state index in [-0.39, 0.29) is 0 Å². The third-order valence-electron chi connectivity index (χ3n) is 9.23. The lowest BCUT2D eigenvalue weighted by Gasteiger charge is -2.17. The molecule has 0 aliphatic heterocycles. The molecule has 2 aromatic heterocycles. The van der Waals surface area contributed by atoms with E-state index in [0.717, 1.165) is 10.7 Å². The van der Waals surface area contributed by atoms with Crippen LogP contribution in [0.1, 0.15) is 33.4 Å². The minimum absolute atomic E-state index is 0.700. The summed E-state index contributed by atoms with van der Waals surface area (Å²) in [5, 5.41) is 3.22. The third kappa shape index (κ3) is 4.92. The van der Waals surface area contributed by atoms with E-state index in [9.17, 15) is 0 Å². The van der Waals surface area contributed by atoms with Crippen LogP contribution in [0, 0.1) is 41.5 Å². The highest BCUT2D eigenvalue weighted by Gasteiger charge is 2.20. The molecule has 4 nitrogen and oxygen atoms in total. The average molecular weight is 605 g/mol. The lowest BCUT2D eigenvalue weighted by molar-refractivity contribution is 0.913. The molecule has 45 heavy (non-hydrogen) atoms. The van der Waals surface area contributed by atoms with Gasteiger partial charge < -0.3 is 4.57 Å². The summed E-state index contributed by atoms with van der Waals surface area (Å²) in [4.78, 5) is 13.4. The van der Waals surface area contributed by atoms with Gasteiger partial charge >= 0.3 is 0 Å². The van der Waals surface area contributed by atoms with Crippen LogP contribution in [-0.4, -0.2) is 25.8 Å². The number of thioether (sulfide) groups is 1. The molecule has 2 heterocycles. The molecule has 0 atom stereocenters. The largest absolute Gasteiger partial charge is 0.309 e. The van der Waals surface area contributed by atoms with Crippen LogP contribution in [0.15, 0.2) is 96.4 Å². The maximum Gasteiger partial charge on any atom is 0.190 e. The Bertz CT molecular complexity index is 2210. The number of hydrogen-bond donors (Lipinski definition) is 0. The Hall–Kier alpha value is -4.74. The lowest BCUT2D eigenvalue weighted by atomic mass is 9.89. The second kappa shape index (κ2) is 11.3. The SMILES string of the molecule is CSc1ncnc(-c2cc(C)c(-n3c4ccc(-c5ccccc5)cc4c4cc(-c5c(C)c(C)cc(C)c5C)ccc43)c(C)c2)n1. The molecule has 222 valence electrons. The van der Waals surface area contributed by atoms with Crippen molar-refractivity contribution >= 4 is 33.6 Å². The fraction of sp³-hybridized carbons (Fsp3) is 0.175. The molecule has 0 aliphatic carbocycles. The van der Waals surface area contributed by atoms with Crippen LogP contribution >= 0.6 is 11.8 Å². The van der Waals surface area contributed by atoms with Crippen molar-refractivity contribution in [3.8, 4) is 39.3 Å². The maximum atomic E-state index is 4.67. The highest BCUT2D eigenvalue weighted by molar-refractivity contribution is 7.98. The Labute approximate surface area is 269 Å². The number of aromatic nitrogens is 4. The van der Waals surface area contributed by atoms with E-state index < -0.39 is 0 Å². The van der Waals surface area contributed by atoms with Gasteiger partial charge in [0.1, 0.15) is 6.33 Å². The van der Waals surface area contributed by atoms with Gasteiger partial charge in [-0.25, -0.2) is 15.0 Å². The average Bonchev–Trinajstić information content (AvgIpc) is 3.37. The molecule has 0 saturated heterocycles. The summed E-state index contributed by atoms with van der Waals surface area (Å²) in [7, 11) is 0. The Balaban J connectivity index is 1.51. The van der Waals surface area contributed by atoms with Gasteiger partial charge in [0.05, 0.1) is 16.7 Å². The first kappa shape index (κ1) is 29.0. The zero-order valence-corrected chi connectivity index (χ0v) is 27.7. The molecule has 0 spiro atoms. The van der Waals surface area contributed by atoms with Gasteiger partial charge in [-0.15, -0.1) is 0 Å². The van der Waals surface area contributed by atoms with Gasteiger partial charge in [-0.2, -0.15) is 0 Å². The summed E-state index contributed by atoms with van der Waals surface area (Å²) in [6, 6.07) is 31.3. The molecule has 0 amide bonds. The van der Waals surface area contributed by atoms with Gasteiger partial charge in [0.2, 0.25) is 0 Å². The summed E-state index contributed by atoms with van der Waals surface area (Å²) >= 11 is 1.53. The number of fused-ring (bicyclic) bond motifs is 3. The van der Waals surface area contributed by atoms with Crippen LogP contribution in [0.4, 0.5) is 0 Å². The monoisotopic (exact) mass is 604 g/mol. The summed E-state index contributed by atoms with van der Waals surface area (Å²) in [5.74, 6) is 0.700. The van der Waals surface area contributed by atoms with Crippen LogP contribution < -0.4 is 0 Å². The van der Waals surface area contributed by atoms with Crippen molar-refractivity contribution in [2.75, 3.05) is 6.26 Å². The third-order valence-corrected chi connectivity index (χ3v) is 9.79. The van der Waals surface area contributed by atoms with Gasteiger partial charge in [-0.05, 0) is 140 Å². The first-order valence-electron chi connectivity index (χ1n) is 15.3. The molecule has 5 aromatic carbocycles. The van der Waals surface area contributed by atoms with Crippen molar-refractivity contribution in [2.45, 2.75) is 46.7 Å². The van der Waals surface area contributed by atoms with Crippen LogP contribution in [0.5, 0.6) is 0 Å². The molecule has 0 saturated carbocycles. The fourth-order valence-electron chi connectivity index (χ4n) is 6.84. The molecular weight excluding hydrogens is 569 g/mol. The molecular formula is C40H36N4S. The highest BCUT2D eigenvalue weighted by Crippen LogP contribution is 2.41. The van der Waals surface area contributed by atoms with Gasteiger partial charge in [0, 0.05) is 16.3 Å². The molecule has 0 unspecified atom stereocenters. The molecule has 0 N–H and O–H groups in total. The predicted octanol–water partition coefficient (Wildman–Crippen LogP) is 10.5. The summed E-state index contributed by atoms with van der Waals surface area (Å²) in [6.45, 7) is 13.3. The van der Waals surface area contributed by atoms with Crippen molar-refractivity contribution in [3.05, 3.63) is 125 Å². The van der Waals surface area contributed by atoms with E-state index in [1.807, 2.05) is 6.26 Å². The molecule has 0 aliphatic rings. The van der Waals surface area contributed by atoms with E-state index in [0.29, 0.717) is 5.82 Å². The number of aryl methyl sites for hydroxylation is 4. The Kier molecular flexibility index (Phi) is 7.29. The Morgan fingerprint density at radius 2 is 1.16 bits per heavy atom. The Morgan fingerprint density at radius 1 is 0.556 bits per heavy atom. The van der Waals surface area contributed by atoms with Gasteiger partial charge in [-0.3, -0.25) is 0 Å². The second-order valence-electron chi connectivity index (χ2n) is 12.1. The molecule has 5 heteroatoms. The van der Waals surface area contributed by atoms with E-state index in [2.05, 4.69) is 146 Å². The van der Waals surface area contributed by atoms with Crippen LogP contribution in [0.3, 0.4) is 0 Å². The topological polar surface area (TPSA) is 43.6 Å². The zero-order valence-electron chi connectivity index (χ0n) is 26.9. The summed E-state index contributed by atoms with van der Waals surface area (Å²) in [6.07, 6.45) is 3.58. The first-order valence-corrected chi connectivity index (χ1v) is 16.5. The number of hydrogen-bond acceptors (Lipinski definition) is 4. The van der Waals surface area contributed by atoms with Crippen molar-refractivity contribution in [3.63, 3.8) is 0 Å². The first-order chi connectivity index (χ1) is 21.7. The van der Waals surface area contributed by atoms with Gasteiger partial charge in [-0.1, -0.05) is 60.3 Å². The lowest BCUT2D eigenvalue weighted by Crippen LogP contribution is -2.02. The van der Waals surface area contributed by atoms with E-state index in [1.165, 1.54) is 94.9 Å². The minimum Gasteiger partial charge on any atom is -0.309 e. The summed E-state index contributed by atoms with van der Waals surface area (Å²) in [5.41, 5.74) is 17.3. The second-order valence-corrected chi connectivity index (χ2v) is 12.8. The smallest absolute Gasteiger partial charge is 0.190 e. The molecule has 0 radical (unpaired) electrons. The molecule has 7 rings (SSSR count). The fourth-order valence-corrected chi connectivity index (χ4v) is 7.17. The van der Waals surface area contributed by atoms with Crippen LogP contribution in [0.25, 0.3) is 61.1 Å². The Morgan fingerprint density at radius 3 is 1.78 bits per heavy atom. The van der Waals surface area contributed by atoms with Crippen molar-refractivity contribution in [1.29, 1.82) is 0 Å². The number of nitrogens with zero attached hydrogens (tertiary/aromatic N) is 4. The van der Waals surface area contributed by atoms with Crippen LogP contribution in [-0.2, 0) is 0 Å². The van der Waals surface area contributed by atoms with Crippen LogP contribution in [0.2, 0.25) is 0 Å². The standard InChI is InChI=1S/C40H36N4S/c1-23-17-24(2)28(6)37(27(23)5)31-14-16-36-34(21-31)33-20-30(29-11-9-8-10-12-29)13-15-35(33)44(36)38-25(3)18-32(19-26(38)4)39-41-22-42-40(43-39)45-7/h8-22H,1-7H3. The number of rotatable bonds is 5.